The molecular formula is C21H18N4O. The molecule has 0 spiro atoms. The molecule has 0 fully saturated rings. The van der Waals surface area contributed by atoms with Crippen LogP contribution in [0.25, 0.3) is 16.8 Å². The molecule has 2 heterocycles. The Labute approximate surface area is 151 Å². The highest BCUT2D eigenvalue weighted by Gasteiger charge is 2.18. The van der Waals surface area contributed by atoms with Crippen LogP contribution in [0, 0.1) is 0 Å². The van der Waals surface area contributed by atoms with Crippen molar-refractivity contribution in [3.63, 3.8) is 0 Å². The topological polar surface area (TPSA) is 59.3 Å². The van der Waals surface area contributed by atoms with Gasteiger partial charge in [0.05, 0.1) is 6.04 Å². The molecule has 0 aliphatic carbocycles. The fraction of sp³-hybridized carbons (Fsp3) is 0.0952. The summed E-state index contributed by atoms with van der Waals surface area (Å²) in [6.45, 7) is 1.91. The quantitative estimate of drug-likeness (QED) is 0.612. The van der Waals surface area contributed by atoms with Gasteiger partial charge in [-0.2, -0.15) is 0 Å². The molecule has 0 bridgehead atoms. The zero-order valence-electron chi connectivity index (χ0n) is 14.3. The molecule has 5 heteroatoms. The van der Waals surface area contributed by atoms with Crippen molar-refractivity contribution in [1.29, 1.82) is 0 Å². The molecule has 4 aromatic rings. The minimum Gasteiger partial charge on any atom is -0.342 e. The molecule has 0 aliphatic rings. The van der Waals surface area contributed by atoms with Gasteiger partial charge in [-0.25, -0.2) is 0 Å². The number of carbonyl (C=O) groups excluding carboxylic acids is 1. The van der Waals surface area contributed by atoms with E-state index in [0.717, 1.165) is 16.8 Å². The molecule has 128 valence electrons. The Bertz CT molecular complexity index is 1060. The summed E-state index contributed by atoms with van der Waals surface area (Å²) in [6.07, 6.45) is 1.89. The molecule has 0 saturated heterocycles. The van der Waals surface area contributed by atoms with Gasteiger partial charge in [-0.05, 0) is 36.2 Å². The number of hydrogen-bond acceptors (Lipinski definition) is 3. The van der Waals surface area contributed by atoms with E-state index in [-0.39, 0.29) is 11.9 Å². The van der Waals surface area contributed by atoms with Gasteiger partial charge < -0.3 is 5.32 Å². The lowest BCUT2D eigenvalue weighted by Crippen LogP contribution is -2.28. The van der Waals surface area contributed by atoms with Crippen LogP contribution in [0.2, 0.25) is 0 Å². The van der Waals surface area contributed by atoms with Gasteiger partial charge in [-0.1, -0.05) is 54.6 Å². The van der Waals surface area contributed by atoms with Crippen molar-refractivity contribution in [3.05, 3.63) is 90.4 Å². The van der Waals surface area contributed by atoms with E-state index in [1.807, 2.05) is 90.3 Å². The van der Waals surface area contributed by atoms with Gasteiger partial charge in [-0.3, -0.25) is 9.20 Å². The van der Waals surface area contributed by atoms with Crippen LogP contribution in [0.5, 0.6) is 0 Å². The van der Waals surface area contributed by atoms with Crippen molar-refractivity contribution < 1.29 is 4.79 Å². The second-order valence-corrected chi connectivity index (χ2v) is 6.09. The lowest BCUT2D eigenvalue weighted by molar-refractivity contribution is 0.0939. The lowest BCUT2D eigenvalue weighted by atomic mass is 9.99. The first kappa shape index (κ1) is 16.0. The maximum Gasteiger partial charge on any atom is 0.252 e. The maximum atomic E-state index is 12.9. The van der Waals surface area contributed by atoms with Crippen LogP contribution in [-0.2, 0) is 0 Å². The highest BCUT2D eigenvalue weighted by molar-refractivity contribution is 6.01. The third kappa shape index (κ3) is 2.95. The number of hydrogen-bond donors (Lipinski definition) is 1. The summed E-state index contributed by atoms with van der Waals surface area (Å²) in [4.78, 5) is 12.9. The summed E-state index contributed by atoms with van der Waals surface area (Å²) in [7, 11) is 0. The minimum absolute atomic E-state index is 0.135. The highest BCUT2D eigenvalue weighted by atomic mass is 16.1. The number of aromatic nitrogens is 3. The second-order valence-electron chi connectivity index (χ2n) is 6.09. The number of pyridine rings is 1. The normalized spacial score (nSPS) is 12.0. The first-order chi connectivity index (χ1) is 12.7. The summed E-state index contributed by atoms with van der Waals surface area (Å²) in [6, 6.07) is 22.9. The fourth-order valence-corrected chi connectivity index (χ4v) is 3.04. The van der Waals surface area contributed by atoms with Crippen LogP contribution < -0.4 is 5.32 Å². The average molecular weight is 342 g/mol. The van der Waals surface area contributed by atoms with E-state index in [2.05, 4.69) is 15.5 Å². The molecule has 4 rings (SSSR count). The molecule has 26 heavy (non-hydrogen) atoms. The van der Waals surface area contributed by atoms with Crippen molar-refractivity contribution in [2.45, 2.75) is 13.0 Å². The number of nitrogens with one attached hydrogen (secondary N) is 1. The second kappa shape index (κ2) is 6.80. The largest absolute Gasteiger partial charge is 0.342 e. The van der Waals surface area contributed by atoms with E-state index in [0.29, 0.717) is 11.4 Å². The van der Waals surface area contributed by atoms with Crippen molar-refractivity contribution in [2.24, 2.45) is 0 Å². The van der Waals surface area contributed by atoms with Gasteiger partial charge in [0.1, 0.15) is 0 Å². The Morgan fingerprint density at radius 2 is 1.65 bits per heavy atom. The SMILES string of the molecule is CC(NC(=O)c1ccccc1-c1ccccc1)c1nnc2ccccn12. The number of rotatable bonds is 4. The number of nitrogens with zero attached hydrogens (tertiary/aromatic N) is 3. The number of carbonyl (C=O) groups is 1. The van der Waals surface area contributed by atoms with Crippen molar-refractivity contribution in [1.82, 2.24) is 19.9 Å². The predicted octanol–water partition coefficient (Wildman–Crippen LogP) is 3.89. The predicted molar refractivity (Wildman–Crippen MR) is 101 cm³/mol. The zero-order chi connectivity index (χ0) is 17.9. The van der Waals surface area contributed by atoms with Crippen LogP contribution in [0.15, 0.2) is 79.0 Å². The van der Waals surface area contributed by atoms with E-state index < -0.39 is 0 Å². The fourth-order valence-electron chi connectivity index (χ4n) is 3.04. The molecule has 0 radical (unpaired) electrons. The van der Waals surface area contributed by atoms with Gasteiger partial charge in [0.25, 0.3) is 5.91 Å². The number of amides is 1. The van der Waals surface area contributed by atoms with Gasteiger partial charge in [-0.15, -0.1) is 10.2 Å². The van der Waals surface area contributed by atoms with E-state index >= 15 is 0 Å². The van der Waals surface area contributed by atoms with Crippen LogP contribution >= 0.6 is 0 Å². The molecule has 1 N–H and O–H groups in total. The molecule has 0 aliphatic heterocycles. The van der Waals surface area contributed by atoms with Crippen molar-refractivity contribution in [2.75, 3.05) is 0 Å². The first-order valence-corrected chi connectivity index (χ1v) is 8.49. The third-order valence-corrected chi connectivity index (χ3v) is 4.33. The van der Waals surface area contributed by atoms with E-state index in [1.165, 1.54) is 0 Å². The van der Waals surface area contributed by atoms with Crippen molar-refractivity contribution in [3.8, 4) is 11.1 Å². The van der Waals surface area contributed by atoms with Crippen LogP contribution in [0.3, 0.4) is 0 Å². The molecule has 0 saturated carbocycles. The summed E-state index contributed by atoms with van der Waals surface area (Å²) >= 11 is 0. The molecular weight excluding hydrogens is 324 g/mol. The van der Waals surface area contributed by atoms with Gasteiger partial charge in [0, 0.05) is 11.8 Å². The Morgan fingerprint density at radius 3 is 2.50 bits per heavy atom. The molecule has 2 aromatic heterocycles. The Hall–Kier alpha value is -3.47. The van der Waals surface area contributed by atoms with E-state index in [1.54, 1.807) is 0 Å². The van der Waals surface area contributed by atoms with E-state index in [9.17, 15) is 4.79 Å². The summed E-state index contributed by atoms with van der Waals surface area (Å²) in [5, 5.41) is 11.4. The minimum atomic E-state index is -0.274. The summed E-state index contributed by atoms with van der Waals surface area (Å²) in [5.74, 6) is 0.566. The smallest absolute Gasteiger partial charge is 0.252 e. The highest BCUT2D eigenvalue weighted by Crippen LogP contribution is 2.24. The van der Waals surface area contributed by atoms with Gasteiger partial charge in [0.2, 0.25) is 0 Å². The Morgan fingerprint density at radius 1 is 0.923 bits per heavy atom. The summed E-state index contributed by atoms with van der Waals surface area (Å²) < 4.78 is 1.88. The zero-order valence-corrected chi connectivity index (χ0v) is 14.3. The molecule has 1 atom stereocenters. The standard InChI is InChI=1S/C21H18N4O/c1-15(20-24-23-19-13-7-8-14-25(19)20)22-21(26)18-12-6-5-11-17(18)16-9-3-2-4-10-16/h2-15H,1H3,(H,22,26). The first-order valence-electron chi connectivity index (χ1n) is 8.49. The lowest BCUT2D eigenvalue weighted by Gasteiger charge is -2.15. The molecule has 1 unspecified atom stereocenters. The maximum absolute atomic E-state index is 12.9. The Balaban J connectivity index is 1.63. The molecule has 2 aromatic carbocycles. The number of fused-ring (bicyclic) bond motifs is 1. The monoisotopic (exact) mass is 342 g/mol. The average Bonchev–Trinajstić information content (AvgIpc) is 3.13. The van der Waals surface area contributed by atoms with Crippen molar-refractivity contribution >= 4 is 11.6 Å². The van der Waals surface area contributed by atoms with Gasteiger partial charge in [0.15, 0.2) is 11.5 Å². The molecule has 1 amide bonds. The van der Waals surface area contributed by atoms with Crippen LogP contribution in [0.1, 0.15) is 29.1 Å². The Kier molecular flexibility index (Phi) is 4.19. The van der Waals surface area contributed by atoms with Crippen LogP contribution in [-0.4, -0.2) is 20.5 Å². The van der Waals surface area contributed by atoms with E-state index in [4.69, 9.17) is 0 Å². The molecule has 5 nitrogen and oxygen atoms in total. The number of benzene rings is 2. The summed E-state index contributed by atoms with van der Waals surface area (Å²) in [5.41, 5.74) is 3.32. The van der Waals surface area contributed by atoms with Gasteiger partial charge >= 0.3 is 0 Å². The third-order valence-electron chi connectivity index (χ3n) is 4.33. The van der Waals surface area contributed by atoms with Crippen LogP contribution in [0.4, 0.5) is 0 Å².